The number of carbonyl (C=O) groups is 2. The van der Waals surface area contributed by atoms with E-state index < -0.39 is 17.3 Å². The first-order chi connectivity index (χ1) is 13.9. The molecule has 30 heavy (non-hydrogen) atoms. The molecule has 6 nitrogen and oxygen atoms in total. The SMILES string of the molecule is CC(C)(C)OC(=O)CNC[C@H](Cc1ccc2ccccc2c1)NC(=O)OC(C)(C)C. The summed E-state index contributed by atoms with van der Waals surface area (Å²) in [5.74, 6) is -0.329. The molecule has 0 heterocycles. The molecule has 0 fully saturated rings. The third-order valence-electron chi connectivity index (χ3n) is 4.10. The van der Waals surface area contributed by atoms with E-state index in [4.69, 9.17) is 9.47 Å². The van der Waals surface area contributed by atoms with Crippen LogP contribution in [0, 0.1) is 0 Å². The molecule has 0 spiro atoms. The van der Waals surface area contributed by atoms with Crippen molar-refractivity contribution in [3.05, 3.63) is 48.0 Å². The minimum atomic E-state index is -0.582. The molecule has 0 aromatic heterocycles. The van der Waals surface area contributed by atoms with Crippen LogP contribution in [0.3, 0.4) is 0 Å². The topological polar surface area (TPSA) is 76.7 Å². The van der Waals surface area contributed by atoms with Crippen molar-refractivity contribution < 1.29 is 19.1 Å². The molecule has 0 radical (unpaired) electrons. The number of amides is 1. The van der Waals surface area contributed by atoms with Gasteiger partial charge in [0.25, 0.3) is 0 Å². The molecular formula is C24H34N2O4. The Morgan fingerprint density at radius 1 is 0.900 bits per heavy atom. The number of alkyl carbamates (subject to hydrolysis) is 1. The third kappa shape index (κ3) is 8.82. The number of hydrogen-bond acceptors (Lipinski definition) is 5. The van der Waals surface area contributed by atoms with Crippen LogP contribution in [0.4, 0.5) is 4.79 Å². The van der Waals surface area contributed by atoms with Gasteiger partial charge >= 0.3 is 12.1 Å². The van der Waals surface area contributed by atoms with E-state index in [1.807, 2.05) is 53.7 Å². The number of carbonyl (C=O) groups excluding carboxylic acids is 2. The summed E-state index contributed by atoms with van der Waals surface area (Å²) in [6.07, 6.45) is 0.123. The van der Waals surface area contributed by atoms with Gasteiger partial charge in [0.05, 0.1) is 6.54 Å². The van der Waals surface area contributed by atoms with Crippen LogP contribution in [0.25, 0.3) is 10.8 Å². The first kappa shape index (κ1) is 23.7. The Morgan fingerprint density at radius 2 is 1.53 bits per heavy atom. The molecule has 1 atom stereocenters. The Balaban J connectivity index is 2.03. The first-order valence-corrected chi connectivity index (χ1v) is 10.3. The number of nitrogens with one attached hydrogen (secondary N) is 2. The molecule has 2 N–H and O–H groups in total. The Hall–Kier alpha value is -2.60. The second kappa shape index (κ2) is 9.94. The zero-order valence-electron chi connectivity index (χ0n) is 18.9. The highest BCUT2D eigenvalue weighted by molar-refractivity contribution is 5.83. The number of rotatable bonds is 7. The summed E-state index contributed by atoms with van der Waals surface area (Å²) in [6.45, 7) is 11.4. The second-order valence-electron chi connectivity index (χ2n) is 9.45. The summed E-state index contributed by atoms with van der Waals surface area (Å²) in [4.78, 5) is 24.3. The van der Waals surface area contributed by atoms with Gasteiger partial charge in [0, 0.05) is 12.6 Å². The van der Waals surface area contributed by atoms with Crippen molar-refractivity contribution in [3.63, 3.8) is 0 Å². The molecule has 0 aliphatic rings. The Kier molecular flexibility index (Phi) is 7.84. The van der Waals surface area contributed by atoms with Crippen LogP contribution >= 0.6 is 0 Å². The monoisotopic (exact) mass is 414 g/mol. The van der Waals surface area contributed by atoms with Crippen molar-refractivity contribution in [1.29, 1.82) is 0 Å². The summed E-state index contributed by atoms with van der Waals surface area (Å²) in [6, 6.07) is 14.1. The van der Waals surface area contributed by atoms with Crippen molar-refractivity contribution in [1.82, 2.24) is 10.6 Å². The molecule has 0 saturated heterocycles. The lowest BCUT2D eigenvalue weighted by Crippen LogP contribution is -2.46. The Labute approximate surface area is 179 Å². The summed E-state index contributed by atoms with van der Waals surface area (Å²) >= 11 is 0. The van der Waals surface area contributed by atoms with Crippen LogP contribution in [0.15, 0.2) is 42.5 Å². The van der Waals surface area contributed by atoms with Crippen molar-refractivity contribution >= 4 is 22.8 Å². The van der Waals surface area contributed by atoms with Gasteiger partial charge < -0.3 is 20.1 Å². The third-order valence-corrected chi connectivity index (χ3v) is 4.10. The van der Waals surface area contributed by atoms with E-state index >= 15 is 0 Å². The molecule has 0 aliphatic carbocycles. The fourth-order valence-corrected chi connectivity index (χ4v) is 3.02. The molecule has 2 aromatic rings. The normalized spacial score (nSPS) is 13.0. The lowest BCUT2D eigenvalue weighted by atomic mass is 10.0. The summed E-state index contributed by atoms with van der Waals surface area (Å²) in [5.41, 5.74) is -0.0201. The first-order valence-electron chi connectivity index (χ1n) is 10.3. The molecule has 0 unspecified atom stereocenters. The molecule has 0 bridgehead atoms. The van der Waals surface area contributed by atoms with Crippen molar-refractivity contribution in [2.75, 3.05) is 13.1 Å². The van der Waals surface area contributed by atoms with Gasteiger partial charge in [0.15, 0.2) is 0 Å². The predicted molar refractivity (Wildman–Crippen MR) is 120 cm³/mol. The molecule has 2 rings (SSSR count). The molecule has 0 aliphatic heterocycles. The lowest BCUT2D eigenvalue weighted by molar-refractivity contribution is -0.153. The molecule has 0 saturated carbocycles. The Morgan fingerprint density at radius 3 is 2.17 bits per heavy atom. The van der Waals surface area contributed by atoms with Crippen molar-refractivity contribution in [3.8, 4) is 0 Å². The van der Waals surface area contributed by atoms with Crippen LogP contribution in [0.2, 0.25) is 0 Å². The van der Waals surface area contributed by atoms with Gasteiger partial charge in [-0.05, 0) is 64.3 Å². The van der Waals surface area contributed by atoms with Gasteiger partial charge in [-0.1, -0.05) is 42.5 Å². The quantitative estimate of drug-likeness (QED) is 0.664. The minimum Gasteiger partial charge on any atom is -0.459 e. The van der Waals surface area contributed by atoms with Gasteiger partial charge in [-0.15, -0.1) is 0 Å². The highest BCUT2D eigenvalue weighted by Crippen LogP contribution is 2.17. The molecule has 2 aromatic carbocycles. The average Bonchev–Trinajstić information content (AvgIpc) is 2.58. The van der Waals surface area contributed by atoms with Crippen LogP contribution in [0.5, 0.6) is 0 Å². The maximum Gasteiger partial charge on any atom is 0.407 e. The number of benzene rings is 2. The van der Waals surface area contributed by atoms with E-state index in [2.05, 4.69) is 41.0 Å². The van der Waals surface area contributed by atoms with Gasteiger partial charge in [0.1, 0.15) is 11.2 Å². The molecular weight excluding hydrogens is 380 g/mol. The molecule has 1 amide bonds. The highest BCUT2D eigenvalue weighted by Gasteiger charge is 2.21. The zero-order chi connectivity index (χ0) is 22.4. The standard InChI is InChI=1S/C24H34N2O4/c1-23(2,3)29-21(27)16-25-15-20(26-22(28)30-24(4,5)6)14-17-11-12-18-9-7-8-10-19(18)13-17/h7-13,20,25H,14-16H2,1-6H3,(H,26,28)/t20-/m0/s1. The Bertz CT molecular complexity index is 865. The van der Waals surface area contributed by atoms with Crippen molar-refractivity contribution in [2.45, 2.75) is 65.2 Å². The van der Waals surface area contributed by atoms with E-state index in [0.717, 1.165) is 10.9 Å². The molecule has 6 heteroatoms. The van der Waals surface area contributed by atoms with Gasteiger partial charge in [-0.3, -0.25) is 4.79 Å². The van der Waals surface area contributed by atoms with Crippen LogP contribution in [-0.2, 0) is 20.7 Å². The van der Waals surface area contributed by atoms with Crippen LogP contribution in [0.1, 0.15) is 47.1 Å². The van der Waals surface area contributed by atoms with Crippen LogP contribution in [-0.4, -0.2) is 42.4 Å². The average molecular weight is 415 g/mol. The number of ether oxygens (including phenoxy) is 2. The number of hydrogen-bond donors (Lipinski definition) is 2. The van der Waals surface area contributed by atoms with Crippen molar-refractivity contribution in [2.24, 2.45) is 0 Å². The highest BCUT2D eigenvalue weighted by atomic mass is 16.6. The van der Waals surface area contributed by atoms with E-state index in [0.29, 0.717) is 13.0 Å². The maximum absolute atomic E-state index is 12.3. The number of fused-ring (bicyclic) bond motifs is 1. The fraction of sp³-hybridized carbons (Fsp3) is 0.500. The van der Waals surface area contributed by atoms with Gasteiger partial charge in [-0.25, -0.2) is 4.79 Å². The van der Waals surface area contributed by atoms with Gasteiger partial charge in [-0.2, -0.15) is 0 Å². The fourth-order valence-electron chi connectivity index (χ4n) is 3.02. The molecule has 164 valence electrons. The van der Waals surface area contributed by atoms with Gasteiger partial charge in [0.2, 0.25) is 0 Å². The van der Waals surface area contributed by atoms with E-state index in [-0.39, 0.29) is 18.6 Å². The minimum absolute atomic E-state index is 0.0709. The van der Waals surface area contributed by atoms with E-state index in [1.54, 1.807) is 0 Å². The van der Waals surface area contributed by atoms with E-state index in [9.17, 15) is 9.59 Å². The lowest BCUT2D eigenvalue weighted by Gasteiger charge is -2.24. The summed E-state index contributed by atoms with van der Waals surface area (Å²) in [7, 11) is 0. The predicted octanol–water partition coefficient (Wildman–Crippen LogP) is 4.21. The zero-order valence-corrected chi connectivity index (χ0v) is 18.9. The maximum atomic E-state index is 12.3. The summed E-state index contributed by atoms with van der Waals surface area (Å²) < 4.78 is 10.7. The largest absolute Gasteiger partial charge is 0.459 e. The van der Waals surface area contributed by atoms with Crippen LogP contribution < -0.4 is 10.6 Å². The second-order valence-corrected chi connectivity index (χ2v) is 9.45. The smallest absolute Gasteiger partial charge is 0.407 e. The number of esters is 1. The summed E-state index contributed by atoms with van der Waals surface area (Å²) in [5, 5.41) is 8.32. The van der Waals surface area contributed by atoms with E-state index in [1.165, 1.54) is 5.39 Å².